The quantitative estimate of drug-likeness (QED) is 0.903. The maximum absolute atomic E-state index is 12.7. The fraction of sp³-hybridized carbons (Fsp3) is 0.267. The molecule has 1 heterocycles. The highest BCUT2D eigenvalue weighted by Crippen LogP contribution is 2.30. The molecule has 0 aliphatic rings. The van der Waals surface area contributed by atoms with E-state index in [4.69, 9.17) is 5.26 Å². The summed E-state index contributed by atoms with van der Waals surface area (Å²) in [6, 6.07) is 10.7. The van der Waals surface area contributed by atoms with Crippen molar-refractivity contribution in [3.63, 3.8) is 0 Å². The molecule has 0 aliphatic carbocycles. The van der Waals surface area contributed by atoms with Crippen LogP contribution in [0.2, 0.25) is 0 Å². The molecule has 2 rings (SSSR count). The fourth-order valence-corrected chi connectivity index (χ4v) is 2.64. The highest BCUT2D eigenvalue weighted by molar-refractivity contribution is 7.12. The van der Waals surface area contributed by atoms with Gasteiger partial charge in [-0.1, -0.05) is 12.1 Å². The first-order valence-corrected chi connectivity index (χ1v) is 7.11. The third-order valence-electron chi connectivity index (χ3n) is 3.07. The van der Waals surface area contributed by atoms with E-state index in [1.165, 1.54) is 17.4 Å². The van der Waals surface area contributed by atoms with Gasteiger partial charge in [-0.15, -0.1) is 11.3 Å². The Morgan fingerprint density at radius 1 is 1.29 bits per heavy atom. The number of nitriles is 1. The van der Waals surface area contributed by atoms with Crippen molar-refractivity contribution < 1.29 is 13.2 Å². The van der Waals surface area contributed by atoms with Crippen LogP contribution in [0.5, 0.6) is 0 Å². The predicted octanol–water partition coefficient (Wildman–Crippen LogP) is 4.49. The van der Waals surface area contributed by atoms with Gasteiger partial charge in [0.1, 0.15) is 10.9 Å². The van der Waals surface area contributed by atoms with Crippen molar-refractivity contribution in [2.45, 2.75) is 25.7 Å². The van der Waals surface area contributed by atoms with Crippen LogP contribution in [-0.2, 0) is 12.7 Å². The number of thiophene rings is 1. The molecule has 1 aromatic carbocycles. The SMILES string of the molecule is CC(NCc1ccc(C#N)s1)c1cccc(C(F)(F)F)c1. The minimum atomic E-state index is -4.33. The third-order valence-corrected chi connectivity index (χ3v) is 4.06. The first kappa shape index (κ1) is 15.5. The number of rotatable bonds is 4. The van der Waals surface area contributed by atoms with Crippen molar-refractivity contribution in [3.05, 3.63) is 57.3 Å². The zero-order chi connectivity index (χ0) is 15.5. The Labute approximate surface area is 124 Å². The molecule has 2 aromatic rings. The molecule has 0 fully saturated rings. The van der Waals surface area contributed by atoms with Gasteiger partial charge in [-0.05, 0) is 36.8 Å². The van der Waals surface area contributed by atoms with Gasteiger partial charge in [0.2, 0.25) is 0 Å². The molecule has 0 amide bonds. The highest BCUT2D eigenvalue weighted by Gasteiger charge is 2.30. The molecule has 21 heavy (non-hydrogen) atoms. The van der Waals surface area contributed by atoms with Crippen LogP contribution < -0.4 is 5.32 Å². The molecule has 0 saturated carbocycles. The van der Waals surface area contributed by atoms with E-state index in [9.17, 15) is 13.2 Å². The Kier molecular flexibility index (Phi) is 4.66. The van der Waals surface area contributed by atoms with Crippen LogP contribution in [0, 0.1) is 11.3 Å². The molecule has 1 atom stereocenters. The van der Waals surface area contributed by atoms with Gasteiger partial charge in [-0.25, -0.2) is 0 Å². The van der Waals surface area contributed by atoms with Crippen molar-refractivity contribution in [1.82, 2.24) is 5.32 Å². The summed E-state index contributed by atoms with van der Waals surface area (Å²) in [6.45, 7) is 2.33. The second kappa shape index (κ2) is 6.29. The molecule has 1 unspecified atom stereocenters. The van der Waals surface area contributed by atoms with Crippen LogP contribution in [0.4, 0.5) is 13.2 Å². The summed E-state index contributed by atoms with van der Waals surface area (Å²) < 4.78 is 38.0. The Morgan fingerprint density at radius 2 is 2.05 bits per heavy atom. The second-order valence-corrected chi connectivity index (χ2v) is 5.77. The van der Waals surface area contributed by atoms with Crippen LogP contribution in [0.25, 0.3) is 0 Å². The maximum Gasteiger partial charge on any atom is 0.416 e. The van der Waals surface area contributed by atoms with Crippen LogP contribution in [0.3, 0.4) is 0 Å². The van der Waals surface area contributed by atoms with Gasteiger partial charge in [-0.2, -0.15) is 18.4 Å². The number of nitrogens with one attached hydrogen (secondary N) is 1. The lowest BCUT2D eigenvalue weighted by Crippen LogP contribution is -2.18. The third kappa shape index (κ3) is 4.06. The van der Waals surface area contributed by atoms with Crippen molar-refractivity contribution in [2.24, 2.45) is 0 Å². The summed E-state index contributed by atoms with van der Waals surface area (Å²) in [7, 11) is 0. The van der Waals surface area contributed by atoms with Gasteiger partial charge in [0.15, 0.2) is 0 Å². The number of hydrogen-bond acceptors (Lipinski definition) is 3. The van der Waals surface area contributed by atoms with Crippen LogP contribution >= 0.6 is 11.3 Å². The molecular formula is C15H13F3N2S. The summed E-state index contributed by atoms with van der Waals surface area (Å²) in [5.41, 5.74) is -0.0570. The van der Waals surface area contributed by atoms with Crippen molar-refractivity contribution in [2.75, 3.05) is 0 Å². The molecular weight excluding hydrogens is 297 g/mol. The lowest BCUT2D eigenvalue weighted by Gasteiger charge is -2.15. The molecule has 0 saturated heterocycles. The molecule has 0 bridgehead atoms. The molecule has 0 radical (unpaired) electrons. The van der Waals surface area contributed by atoms with Crippen molar-refractivity contribution >= 4 is 11.3 Å². The number of hydrogen-bond donors (Lipinski definition) is 1. The Hall–Kier alpha value is -1.84. The Morgan fingerprint density at radius 3 is 2.67 bits per heavy atom. The van der Waals surface area contributed by atoms with E-state index in [0.717, 1.165) is 17.0 Å². The second-order valence-electron chi connectivity index (χ2n) is 4.60. The molecule has 110 valence electrons. The van der Waals surface area contributed by atoms with E-state index in [1.807, 2.05) is 13.0 Å². The normalized spacial score (nSPS) is 12.9. The average Bonchev–Trinajstić information content (AvgIpc) is 2.92. The molecule has 6 heteroatoms. The van der Waals surface area contributed by atoms with E-state index in [0.29, 0.717) is 17.0 Å². The zero-order valence-electron chi connectivity index (χ0n) is 11.2. The minimum absolute atomic E-state index is 0.208. The predicted molar refractivity (Wildman–Crippen MR) is 75.7 cm³/mol. The minimum Gasteiger partial charge on any atom is -0.305 e. The van der Waals surface area contributed by atoms with Gasteiger partial charge < -0.3 is 5.32 Å². The molecule has 2 nitrogen and oxygen atoms in total. The van der Waals surface area contributed by atoms with E-state index in [2.05, 4.69) is 11.4 Å². The monoisotopic (exact) mass is 310 g/mol. The van der Waals surface area contributed by atoms with Crippen LogP contribution in [0.15, 0.2) is 36.4 Å². The lowest BCUT2D eigenvalue weighted by molar-refractivity contribution is -0.137. The number of halogens is 3. The lowest BCUT2D eigenvalue weighted by atomic mass is 10.0. The van der Waals surface area contributed by atoms with Crippen molar-refractivity contribution in [3.8, 4) is 6.07 Å². The first-order chi connectivity index (χ1) is 9.90. The molecule has 1 N–H and O–H groups in total. The highest BCUT2D eigenvalue weighted by atomic mass is 32.1. The van der Waals surface area contributed by atoms with Crippen LogP contribution in [0.1, 0.15) is 33.8 Å². The van der Waals surface area contributed by atoms with Crippen molar-refractivity contribution in [1.29, 1.82) is 5.26 Å². The topological polar surface area (TPSA) is 35.8 Å². The standard InChI is InChI=1S/C15H13F3N2S/c1-10(20-9-14-6-5-13(8-19)21-14)11-3-2-4-12(7-11)15(16,17)18/h2-7,10,20H,9H2,1H3. The van der Waals surface area contributed by atoms with E-state index < -0.39 is 11.7 Å². The summed E-state index contributed by atoms with van der Waals surface area (Å²) in [4.78, 5) is 1.60. The largest absolute Gasteiger partial charge is 0.416 e. The number of benzene rings is 1. The first-order valence-electron chi connectivity index (χ1n) is 6.29. The average molecular weight is 310 g/mol. The summed E-state index contributed by atoms with van der Waals surface area (Å²) in [6.07, 6.45) is -4.33. The summed E-state index contributed by atoms with van der Waals surface area (Å²) >= 11 is 1.37. The summed E-state index contributed by atoms with van der Waals surface area (Å²) in [5.74, 6) is 0. The van der Waals surface area contributed by atoms with E-state index in [1.54, 1.807) is 12.1 Å². The Balaban J connectivity index is 2.03. The number of alkyl halides is 3. The van der Waals surface area contributed by atoms with Gasteiger partial charge in [0, 0.05) is 17.5 Å². The van der Waals surface area contributed by atoms with E-state index >= 15 is 0 Å². The van der Waals surface area contributed by atoms with Crippen LogP contribution in [-0.4, -0.2) is 0 Å². The maximum atomic E-state index is 12.7. The van der Waals surface area contributed by atoms with Gasteiger partial charge in [-0.3, -0.25) is 0 Å². The van der Waals surface area contributed by atoms with E-state index in [-0.39, 0.29) is 6.04 Å². The Bertz CT molecular complexity index is 655. The van der Waals surface area contributed by atoms with Gasteiger partial charge in [0.25, 0.3) is 0 Å². The summed E-state index contributed by atoms with van der Waals surface area (Å²) in [5, 5.41) is 11.9. The molecule has 0 spiro atoms. The number of nitrogens with zero attached hydrogens (tertiary/aromatic N) is 1. The molecule has 1 aromatic heterocycles. The van der Waals surface area contributed by atoms with Gasteiger partial charge in [0.05, 0.1) is 5.56 Å². The molecule has 0 aliphatic heterocycles. The zero-order valence-corrected chi connectivity index (χ0v) is 12.1. The van der Waals surface area contributed by atoms with Gasteiger partial charge >= 0.3 is 6.18 Å². The smallest absolute Gasteiger partial charge is 0.305 e. The fourth-order valence-electron chi connectivity index (χ4n) is 1.89.